The average molecular weight is 602 g/mol. The van der Waals surface area contributed by atoms with Gasteiger partial charge in [-0.05, 0) is 78.8 Å². The predicted octanol–water partition coefficient (Wildman–Crippen LogP) is 8.99. The number of nitrogens with zero attached hydrogens (tertiary/aromatic N) is 2. The molecule has 0 aliphatic rings. The maximum absolute atomic E-state index is 13.0. The van der Waals surface area contributed by atoms with E-state index in [9.17, 15) is 27.2 Å². The first-order valence-corrected chi connectivity index (χ1v) is 14.4. The van der Waals surface area contributed by atoms with E-state index in [1.165, 1.54) is 0 Å². The van der Waals surface area contributed by atoms with Gasteiger partial charge in [0.2, 0.25) is 0 Å². The fraction of sp³-hybridized carbons (Fsp3) is 0.375. The van der Waals surface area contributed by atoms with Crippen LogP contribution < -0.4 is 15.4 Å². The topological polar surface area (TPSA) is 68.2 Å². The third kappa shape index (κ3) is 8.30. The molecule has 0 bridgehead atoms. The molecule has 43 heavy (non-hydrogen) atoms. The van der Waals surface area contributed by atoms with Crippen LogP contribution in [0.3, 0.4) is 0 Å². The minimum Gasteiger partial charge on any atom is -0.506 e. The first-order valence-electron chi connectivity index (χ1n) is 14.4. The van der Waals surface area contributed by atoms with Gasteiger partial charge in [-0.2, -0.15) is 0 Å². The van der Waals surface area contributed by atoms with Gasteiger partial charge in [0.05, 0.1) is 22.3 Å². The molecule has 0 aliphatic heterocycles. The molecule has 0 amide bonds. The summed E-state index contributed by atoms with van der Waals surface area (Å²) in [5.74, 6) is 0.753. The van der Waals surface area contributed by atoms with E-state index in [4.69, 9.17) is 8.83 Å². The number of anilines is 2. The molecule has 232 valence electrons. The van der Waals surface area contributed by atoms with E-state index in [-0.39, 0.29) is 16.7 Å². The van der Waals surface area contributed by atoms with Crippen molar-refractivity contribution >= 4 is 52.7 Å². The molecule has 6 nitrogen and oxygen atoms in total. The molecule has 11 heteroatoms. The van der Waals surface area contributed by atoms with E-state index in [0.29, 0.717) is 11.0 Å². The van der Waals surface area contributed by atoms with Gasteiger partial charge >= 0.3 is 24.2 Å². The number of aromatic hydroxyl groups is 1. The zero-order chi connectivity index (χ0) is 32.1. The largest absolute Gasteiger partial charge is 0.673 e. The Kier molecular flexibility index (Phi) is 10.5. The lowest BCUT2D eigenvalue weighted by molar-refractivity contribution is 0.368. The van der Waals surface area contributed by atoms with Gasteiger partial charge in [-0.1, -0.05) is 6.08 Å². The van der Waals surface area contributed by atoms with Crippen LogP contribution in [0.25, 0.3) is 34.1 Å². The molecule has 0 fully saturated rings. The summed E-state index contributed by atoms with van der Waals surface area (Å²) in [7, 11) is -6.00. The van der Waals surface area contributed by atoms with E-state index in [1.807, 2.05) is 30.3 Å². The lowest BCUT2D eigenvalue weighted by Gasteiger charge is -2.21. The summed E-state index contributed by atoms with van der Waals surface area (Å²) in [4.78, 5) is 17.4. The molecule has 0 aliphatic carbocycles. The molecule has 1 N–H and O–H groups in total. The van der Waals surface area contributed by atoms with Gasteiger partial charge in [0.15, 0.2) is 0 Å². The highest BCUT2D eigenvalue weighted by molar-refractivity contribution is 6.50. The van der Waals surface area contributed by atoms with Crippen LogP contribution in [0, 0.1) is 0 Å². The minimum atomic E-state index is -6.00. The first kappa shape index (κ1) is 33.5. The van der Waals surface area contributed by atoms with Gasteiger partial charge in [0, 0.05) is 55.2 Å². The summed E-state index contributed by atoms with van der Waals surface area (Å²) in [6.07, 6.45) is 3.49. The van der Waals surface area contributed by atoms with Crippen molar-refractivity contribution in [2.75, 3.05) is 36.0 Å². The van der Waals surface area contributed by atoms with Gasteiger partial charge < -0.3 is 36.6 Å². The Morgan fingerprint density at radius 2 is 1.35 bits per heavy atom. The monoisotopic (exact) mass is 602 g/mol. The minimum absolute atomic E-state index is 0.0802. The molecule has 2 aromatic heterocycles. The summed E-state index contributed by atoms with van der Waals surface area (Å²) < 4.78 is 51.0. The molecule has 0 unspecified atom stereocenters. The number of fused-ring (bicyclic) bond motifs is 2. The van der Waals surface area contributed by atoms with Crippen LogP contribution >= 0.6 is 0 Å². The van der Waals surface area contributed by atoms with Gasteiger partial charge in [-0.3, -0.25) is 0 Å². The molecule has 0 spiro atoms. The molecule has 0 saturated carbocycles. The first-order chi connectivity index (χ1) is 20.1. The third-order valence-electron chi connectivity index (χ3n) is 7.11. The number of hydrogen-bond acceptors (Lipinski definition) is 5. The third-order valence-corrected chi connectivity index (χ3v) is 7.11. The summed E-state index contributed by atoms with van der Waals surface area (Å²) >= 11 is 0. The van der Waals surface area contributed by atoms with Crippen LogP contribution in [-0.2, 0) is 5.41 Å². The molecular formula is C32H39BF4N2O4. The molecule has 0 saturated heterocycles. The van der Waals surface area contributed by atoms with E-state index < -0.39 is 12.9 Å². The predicted molar refractivity (Wildman–Crippen MR) is 170 cm³/mol. The second-order valence-corrected chi connectivity index (χ2v) is 11.0. The van der Waals surface area contributed by atoms with Crippen LogP contribution in [0.15, 0.2) is 56.1 Å². The lowest BCUT2D eigenvalue weighted by Crippen LogP contribution is -2.21. The molecule has 2 heterocycles. The Balaban J connectivity index is 0.000000934. The van der Waals surface area contributed by atoms with Crippen LogP contribution in [0.5, 0.6) is 5.75 Å². The number of rotatable bonds is 8. The highest BCUT2D eigenvalue weighted by Crippen LogP contribution is 2.34. The Hall–Kier alpha value is -4.02. The van der Waals surface area contributed by atoms with Gasteiger partial charge in [-0.25, -0.2) is 9.21 Å². The second-order valence-electron chi connectivity index (χ2n) is 11.0. The Labute approximate surface area is 249 Å². The van der Waals surface area contributed by atoms with Gasteiger partial charge in [0.1, 0.15) is 16.9 Å². The molecule has 4 rings (SSSR count). The standard InChI is InChI=1S/C32H38N2O4.BF4/c1-8-33(9-2)22-13-16-24-21(18-29(32(5,6)7)37-27(24)19-22)12-15-26-30(35)25-17-14-23(34(10-3)11-4)20-28(25)38-31(26)36;2-1(3,4)5/h12-20H,8-11H2,1-7H3;/q;-1/p+1. The summed E-state index contributed by atoms with van der Waals surface area (Å²) in [5, 5.41) is 12.5. The number of halogens is 4. The average Bonchev–Trinajstić information content (AvgIpc) is 2.92. The van der Waals surface area contributed by atoms with Crippen LogP contribution in [0.4, 0.5) is 28.6 Å². The van der Waals surface area contributed by atoms with Crippen LogP contribution in [0.1, 0.15) is 65.4 Å². The van der Waals surface area contributed by atoms with Crippen LogP contribution in [-0.4, -0.2) is 38.5 Å². The fourth-order valence-corrected chi connectivity index (χ4v) is 4.79. The van der Waals surface area contributed by atoms with Gasteiger partial charge in [0.25, 0.3) is 0 Å². The Morgan fingerprint density at radius 3 is 1.86 bits per heavy atom. The molecular weight excluding hydrogens is 563 g/mol. The van der Waals surface area contributed by atoms with Crippen molar-refractivity contribution in [2.45, 2.75) is 53.9 Å². The van der Waals surface area contributed by atoms with E-state index in [1.54, 1.807) is 6.08 Å². The number of hydrogen-bond donors (Lipinski definition) is 1. The summed E-state index contributed by atoms with van der Waals surface area (Å²) in [6, 6.07) is 13.8. The zero-order valence-corrected chi connectivity index (χ0v) is 25.7. The molecule has 0 radical (unpaired) electrons. The van der Waals surface area contributed by atoms with Crippen molar-refractivity contribution in [1.29, 1.82) is 0 Å². The maximum Gasteiger partial charge on any atom is 0.673 e. The highest BCUT2D eigenvalue weighted by Gasteiger charge is 2.29. The van der Waals surface area contributed by atoms with E-state index >= 15 is 0 Å². The van der Waals surface area contributed by atoms with Crippen molar-refractivity contribution in [3.05, 3.63) is 69.8 Å². The maximum atomic E-state index is 13.0. The second kappa shape index (κ2) is 13.5. The quantitative estimate of drug-likeness (QED) is 0.0940. The smallest absolute Gasteiger partial charge is 0.506 e. The summed E-state index contributed by atoms with van der Waals surface area (Å²) in [5.41, 5.74) is 3.44. The van der Waals surface area contributed by atoms with Crippen molar-refractivity contribution in [3.63, 3.8) is 0 Å². The van der Waals surface area contributed by atoms with Crippen molar-refractivity contribution in [1.82, 2.24) is 0 Å². The van der Waals surface area contributed by atoms with Crippen molar-refractivity contribution < 1.29 is 31.2 Å². The van der Waals surface area contributed by atoms with Gasteiger partial charge in [-0.15, -0.1) is 0 Å². The molecule has 2 aromatic carbocycles. The normalized spacial score (nSPS) is 12.1. The van der Waals surface area contributed by atoms with E-state index in [0.717, 1.165) is 59.8 Å². The Bertz CT molecular complexity index is 1650. The Morgan fingerprint density at radius 1 is 0.837 bits per heavy atom. The number of benzene rings is 2. The fourth-order valence-electron chi connectivity index (χ4n) is 4.79. The van der Waals surface area contributed by atoms with Crippen molar-refractivity contribution in [2.24, 2.45) is 0 Å². The highest BCUT2D eigenvalue weighted by atomic mass is 19.5. The van der Waals surface area contributed by atoms with Crippen molar-refractivity contribution in [3.8, 4) is 5.75 Å². The summed E-state index contributed by atoms with van der Waals surface area (Å²) in [6.45, 7) is 18.2. The SMILES string of the molecule is CCN(CC)c1ccc2c(O)c(/C=C/c3cc(C(C)(C)C)[o+]c4cc(N(CC)CC)ccc34)c(=O)oc2c1.F[B-](F)(F)F. The van der Waals surface area contributed by atoms with Crippen LogP contribution in [0.2, 0.25) is 0 Å². The van der Waals surface area contributed by atoms with E-state index in [2.05, 4.69) is 76.5 Å². The lowest BCUT2D eigenvalue weighted by atomic mass is 9.91. The zero-order valence-electron chi connectivity index (χ0n) is 25.7. The molecule has 0 atom stereocenters. The molecule has 4 aromatic rings.